The molecule has 0 aliphatic heterocycles. The SMILES string of the molecule is C=C/C=N\C(=C/C)Nc1ccccn1. The van der Waals surface area contributed by atoms with Crippen molar-refractivity contribution in [3.63, 3.8) is 0 Å². The second-order valence-electron chi connectivity index (χ2n) is 2.53. The van der Waals surface area contributed by atoms with Gasteiger partial charge in [0.1, 0.15) is 11.6 Å². The van der Waals surface area contributed by atoms with Gasteiger partial charge in [0.15, 0.2) is 0 Å². The lowest BCUT2D eigenvalue weighted by Crippen LogP contribution is -1.98. The number of aromatic nitrogens is 1. The first-order valence-electron chi connectivity index (χ1n) is 4.36. The molecule has 1 heterocycles. The Morgan fingerprint density at radius 1 is 1.57 bits per heavy atom. The number of nitrogens with zero attached hydrogens (tertiary/aromatic N) is 2. The zero-order valence-corrected chi connectivity index (χ0v) is 8.14. The van der Waals surface area contributed by atoms with Gasteiger partial charge in [0.2, 0.25) is 0 Å². The second-order valence-corrected chi connectivity index (χ2v) is 2.53. The number of aliphatic imine (C=N–C) groups is 1. The van der Waals surface area contributed by atoms with E-state index in [9.17, 15) is 0 Å². The van der Waals surface area contributed by atoms with Gasteiger partial charge >= 0.3 is 0 Å². The first-order valence-corrected chi connectivity index (χ1v) is 4.36. The summed E-state index contributed by atoms with van der Waals surface area (Å²) in [4.78, 5) is 8.25. The van der Waals surface area contributed by atoms with Crippen molar-refractivity contribution in [2.45, 2.75) is 6.92 Å². The van der Waals surface area contributed by atoms with E-state index in [2.05, 4.69) is 21.9 Å². The summed E-state index contributed by atoms with van der Waals surface area (Å²) in [6.07, 6.45) is 6.86. The molecule has 0 amide bonds. The van der Waals surface area contributed by atoms with Gasteiger partial charge in [-0.25, -0.2) is 9.98 Å². The van der Waals surface area contributed by atoms with Crippen LogP contribution in [0.5, 0.6) is 0 Å². The van der Waals surface area contributed by atoms with Crippen LogP contribution in [0.3, 0.4) is 0 Å². The summed E-state index contributed by atoms with van der Waals surface area (Å²) < 4.78 is 0. The Kier molecular flexibility index (Phi) is 4.14. The lowest BCUT2D eigenvalue weighted by molar-refractivity contribution is 1.22. The second kappa shape index (κ2) is 5.70. The zero-order chi connectivity index (χ0) is 10.2. The summed E-state index contributed by atoms with van der Waals surface area (Å²) in [6, 6.07) is 5.67. The fraction of sp³-hybridized carbons (Fsp3) is 0.0909. The first kappa shape index (κ1) is 10.2. The van der Waals surface area contributed by atoms with Gasteiger partial charge in [-0.1, -0.05) is 18.7 Å². The maximum atomic E-state index is 4.12. The van der Waals surface area contributed by atoms with E-state index in [1.54, 1.807) is 18.5 Å². The van der Waals surface area contributed by atoms with Gasteiger partial charge in [0.25, 0.3) is 0 Å². The van der Waals surface area contributed by atoms with Crippen LogP contribution >= 0.6 is 0 Å². The predicted octanol–water partition coefficient (Wildman–Crippen LogP) is 2.61. The lowest BCUT2D eigenvalue weighted by Gasteiger charge is -2.03. The molecule has 1 rings (SSSR count). The van der Waals surface area contributed by atoms with E-state index in [0.29, 0.717) is 0 Å². The number of hydrogen-bond acceptors (Lipinski definition) is 3. The van der Waals surface area contributed by atoms with Crippen molar-refractivity contribution in [2.24, 2.45) is 4.99 Å². The summed E-state index contributed by atoms with van der Waals surface area (Å²) in [6.45, 7) is 5.46. The average molecular weight is 187 g/mol. The molecule has 0 aliphatic rings. The molecule has 0 radical (unpaired) electrons. The van der Waals surface area contributed by atoms with Gasteiger partial charge in [-0.15, -0.1) is 0 Å². The molecular weight excluding hydrogens is 174 g/mol. The molecule has 0 saturated heterocycles. The Balaban J connectivity index is 2.67. The minimum absolute atomic E-state index is 0.753. The van der Waals surface area contributed by atoms with Crippen molar-refractivity contribution in [3.05, 3.63) is 48.9 Å². The minimum Gasteiger partial charge on any atom is -0.325 e. The third-order valence-corrected chi connectivity index (χ3v) is 1.51. The van der Waals surface area contributed by atoms with Gasteiger partial charge in [-0.2, -0.15) is 0 Å². The van der Waals surface area contributed by atoms with Crippen molar-refractivity contribution in [1.29, 1.82) is 0 Å². The highest BCUT2D eigenvalue weighted by atomic mass is 15.1. The van der Waals surface area contributed by atoms with Gasteiger partial charge < -0.3 is 5.32 Å². The predicted molar refractivity (Wildman–Crippen MR) is 60.3 cm³/mol. The van der Waals surface area contributed by atoms with Crippen LogP contribution in [-0.2, 0) is 0 Å². The number of allylic oxidation sites excluding steroid dienone is 2. The van der Waals surface area contributed by atoms with Crippen molar-refractivity contribution >= 4 is 12.0 Å². The van der Waals surface area contributed by atoms with Gasteiger partial charge in [0.05, 0.1) is 0 Å². The quantitative estimate of drug-likeness (QED) is 0.736. The highest BCUT2D eigenvalue weighted by Gasteiger charge is 1.92. The molecule has 0 unspecified atom stereocenters. The van der Waals surface area contributed by atoms with E-state index in [4.69, 9.17) is 0 Å². The summed E-state index contributed by atoms with van der Waals surface area (Å²) in [5.41, 5.74) is 0. The molecule has 0 saturated carbocycles. The summed E-state index contributed by atoms with van der Waals surface area (Å²) in [5, 5.41) is 3.07. The highest BCUT2D eigenvalue weighted by Crippen LogP contribution is 2.05. The third-order valence-electron chi connectivity index (χ3n) is 1.51. The molecule has 3 nitrogen and oxygen atoms in total. The molecule has 72 valence electrons. The number of nitrogens with one attached hydrogen (secondary N) is 1. The molecule has 0 atom stereocenters. The minimum atomic E-state index is 0.753. The Hall–Kier alpha value is -1.90. The standard InChI is InChI=1S/C11H13N3/c1-3-8-12-10(4-2)14-11-7-5-6-9-13-11/h3-9H,1H2,2H3,(H,13,14)/b10-4+,12-8-. The van der Waals surface area contributed by atoms with E-state index in [1.165, 1.54) is 0 Å². The van der Waals surface area contributed by atoms with Crippen molar-refractivity contribution in [2.75, 3.05) is 5.32 Å². The van der Waals surface area contributed by atoms with Crippen molar-refractivity contribution in [1.82, 2.24) is 4.98 Å². The third kappa shape index (κ3) is 3.23. The number of anilines is 1. The van der Waals surface area contributed by atoms with E-state index in [1.807, 2.05) is 31.2 Å². The molecule has 0 fully saturated rings. The summed E-state index contributed by atoms with van der Waals surface area (Å²) in [5.74, 6) is 1.53. The Morgan fingerprint density at radius 2 is 2.43 bits per heavy atom. The van der Waals surface area contributed by atoms with Crippen LogP contribution in [0.4, 0.5) is 5.82 Å². The van der Waals surface area contributed by atoms with E-state index >= 15 is 0 Å². The van der Waals surface area contributed by atoms with E-state index < -0.39 is 0 Å². The van der Waals surface area contributed by atoms with Crippen LogP contribution in [0.1, 0.15) is 6.92 Å². The topological polar surface area (TPSA) is 37.3 Å². The van der Waals surface area contributed by atoms with Crippen LogP contribution in [0.2, 0.25) is 0 Å². The molecule has 1 aromatic heterocycles. The molecular formula is C11H13N3. The Morgan fingerprint density at radius 3 is 3.00 bits per heavy atom. The number of hydrogen-bond donors (Lipinski definition) is 1. The molecule has 0 bridgehead atoms. The normalized spacial score (nSPS) is 11.6. The van der Waals surface area contributed by atoms with Crippen LogP contribution < -0.4 is 5.32 Å². The molecule has 0 spiro atoms. The number of pyridine rings is 1. The fourth-order valence-corrected chi connectivity index (χ4v) is 0.880. The van der Waals surface area contributed by atoms with E-state index in [-0.39, 0.29) is 0 Å². The van der Waals surface area contributed by atoms with Crippen LogP contribution in [0, 0.1) is 0 Å². The number of rotatable bonds is 4. The maximum Gasteiger partial charge on any atom is 0.131 e. The van der Waals surface area contributed by atoms with Crippen LogP contribution in [0.15, 0.2) is 53.9 Å². The van der Waals surface area contributed by atoms with Crippen LogP contribution in [-0.4, -0.2) is 11.2 Å². The molecule has 14 heavy (non-hydrogen) atoms. The highest BCUT2D eigenvalue weighted by molar-refractivity contribution is 5.71. The van der Waals surface area contributed by atoms with Gasteiger partial charge in [-0.3, -0.25) is 0 Å². The fourth-order valence-electron chi connectivity index (χ4n) is 0.880. The average Bonchev–Trinajstić information content (AvgIpc) is 2.25. The lowest BCUT2D eigenvalue weighted by atomic mass is 10.4. The maximum absolute atomic E-state index is 4.12. The van der Waals surface area contributed by atoms with E-state index in [0.717, 1.165) is 11.6 Å². The molecule has 0 aliphatic carbocycles. The Labute approximate surface area is 83.9 Å². The van der Waals surface area contributed by atoms with Crippen LogP contribution in [0.25, 0.3) is 0 Å². The molecule has 0 aromatic carbocycles. The first-order chi connectivity index (χ1) is 6.86. The van der Waals surface area contributed by atoms with Gasteiger partial charge in [0, 0.05) is 12.4 Å². The monoisotopic (exact) mass is 187 g/mol. The smallest absolute Gasteiger partial charge is 0.131 e. The molecule has 1 N–H and O–H groups in total. The zero-order valence-electron chi connectivity index (χ0n) is 8.14. The largest absolute Gasteiger partial charge is 0.325 e. The van der Waals surface area contributed by atoms with Crippen molar-refractivity contribution < 1.29 is 0 Å². The Bertz CT molecular complexity index is 339. The molecule has 1 aromatic rings. The van der Waals surface area contributed by atoms with Gasteiger partial charge in [-0.05, 0) is 25.1 Å². The summed E-state index contributed by atoms with van der Waals surface area (Å²) in [7, 11) is 0. The van der Waals surface area contributed by atoms with Crippen molar-refractivity contribution in [3.8, 4) is 0 Å². The molecule has 3 heteroatoms. The summed E-state index contributed by atoms with van der Waals surface area (Å²) >= 11 is 0.